The highest BCUT2D eigenvalue weighted by atomic mass is 32.1. The summed E-state index contributed by atoms with van der Waals surface area (Å²) in [5, 5.41) is 5.12. The van der Waals surface area contributed by atoms with Crippen molar-refractivity contribution in [2.24, 2.45) is 0 Å². The van der Waals surface area contributed by atoms with Gasteiger partial charge in [-0.15, -0.1) is 11.3 Å². The highest BCUT2D eigenvalue weighted by Gasteiger charge is 2.20. The monoisotopic (exact) mass is 629 g/mol. The van der Waals surface area contributed by atoms with Crippen LogP contribution in [0.5, 0.6) is 0 Å². The molecule has 2 heteroatoms. The minimum absolute atomic E-state index is 1.12. The van der Waals surface area contributed by atoms with E-state index in [1.165, 1.54) is 70.0 Å². The van der Waals surface area contributed by atoms with Crippen LogP contribution in [0.15, 0.2) is 188 Å². The van der Waals surface area contributed by atoms with Gasteiger partial charge in [0.05, 0.1) is 10.4 Å². The molecule has 0 aliphatic heterocycles. The lowest BCUT2D eigenvalue weighted by molar-refractivity contribution is 1.30. The normalized spacial score (nSPS) is 11.3. The van der Waals surface area contributed by atoms with Crippen molar-refractivity contribution in [1.82, 2.24) is 0 Å². The fourth-order valence-electron chi connectivity index (χ4n) is 7.00. The third-order valence-corrected chi connectivity index (χ3v) is 10.5. The second-order valence-electron chi connectivity index (χ2n) is 12.1. The van der Waals surface area contributed by atoms with Crippen molar-refractivity contribution in [2.75, 3.05) is 4.90 Å². The standard InChI is InChI=1S/C46H31NS/c1-3-12-32(13-4-1)33-24-28-37(29-25-33)47(38-30-26-36(27-31-38)40-19-9-17-34-16-7-8-18-39(34)40)43-22-10-21-42-45-41(35-14-5-2-6-15-35)20-11-23-44(45)48-46(42)43/h1-31H. The van der Waals surface area contributed by atoms with E-state index in [2.05, 4.69) is 193 Å². The number of benzene rings is 8. The molecule has 0 bridgehead atoms. The van der Waals surface area contributed by atoms with E-state index in [0.29, 0.717) is 0 Å². The summed E-state index contributed by atoms with van der Waals surface area (Å²) in [5.74, 6) is 0. The van der Waals surface area contributed by atoms with Crippen LogP contribution < -0.4 is 4.90 Å². The molecule has 48 heavy (non-hydrogen) atoms. The molecule has 9 rings (SSSR count). The van der Waals surface area contributed by atoms with Crippen molar-refractivity contribution < 1.29 is 0 Å². The zero-order chi connectivity index (χ0) is 31.9. The number of fused-ring (bicyclic) bond motifs is 4. The summed E-state index contributed by atoms with van der Waals surface area (Å²) in [5.41, 5.74) is 10.8. The highest BCUT2D eigenvalue weighted by Crippen LogP contribution is 2.47. The van der Waals surface area contributed by atoms with Gasteiger partial charge in [0.25, 0.3) is 0 Å². The predicted molar refractivity (Wildman–Crippen MR) is 208 cm³/mol. The van der Waals surface area contributed by atoms with E-state index in [0.717, 1.165) is 11.4 Å². The van der Waals surface area contributed by atoms with Crippen LogP contribution in [-0.2, 0) is 0 Å². The number of thiophene rings is 1. The lowest BCUT2D eigenvalue weighted by Crippen LogP contribution is -2.10. The lowest BCUT2D eigenvalue weighted by atomic mass is 9.98. The molecule has 226 valence electrons. The molecular weight excluding hydrogens is 599 g/mol. The second kappa shape index (κ2) is 12.0. The predicted octanol–water partition coefficient (Wildman–Crippen LogP) is 13.7. The average molecular weight is 630 g/mol. The van der Waals surface area contributed by atoms with Crippen LogP contribution in [0.3, 0.4) is 0 Å². The second-order valence-corrected chi connectivity index (χ2v) is 13.2. The van der Waals surface area contributed by atoms with Gasteiger partial charge in [-0.1, -0.05) is 152 Å². The molecular formula is C46H31NS. The van der Waals surface area contributed by atoms with Gasteiger partial charge in [0.2, 0.25) is 0 Å². The van der Waals surface area contributed by atoms with Crippen LogP contribution in [0.25, 0.3) is 64.3 Å². The van der Waals surface area contributed by atoms with Gasteiger partial charge in [-0.05, 0) is 80.6 Å². The lowest BCUT2D eigenvalue weighted by Gasteiger charge is -2.26. The van der Waals surface area contributed by atoms with Gasteiger partial charge in [-0.3, -0.25) is 0 Å². The van der Waals surface area contributed by atoms with Gasteiger partial charge < -0.3 is 4.90 Å². The quantitative estimate of drug-likeness (QED) is 0.177. The Morgan fingerprint density at radius 3 is 1.62 bits per heavy atom. The van der Waals surface area contributed by atoms with Crippen molar-refractivity contribution in [3.05, 3.63) is 188 Å². The summed E-state index contributed by atoms with van der Waals surface area (Å²) in [7, 11) is 0. The van der Waals surface area contributed by atoms with Crippen molar-refractivity contribution in [3.8, 4) is 33.4 Å². The van der Waals surface area contributed by atoms with E-state index in [1.807, 2.05) is 11.3 Å². The Hall–Kier alpha value is -5.96. The van der Waals surface area contributed by atoms with Crippen LogP contribution in [0.1, 0.15) is 0 Å². The molecule has 8 aromatic carbocycles. The van der Waals surface area contributed by atoms with Crippen LogP contribution >= 0.6 is 11.3 Å². The summed E-state index contributed by atoms with van der Waals surface area (Å²) >= 11 is 1.87. The molecule has 0 atom stereocenters. The summed E-state index contributed by atoms with van der Waals surface area (Å²) in [6.07, 6.45) is 0. The number of nitrogens with zero attached hydrogens (tertiary/aromatic N) is 1. The summed E-state index contributed by atoms with van der Waals surface area (Å²) in [6, 6.07) is 68.0. The Kier molecular flexibility index (Phi) is 7.07. The largest absolute Gasteiger partial charge is 0.309 e. The first kappa shape index (κ1) is 28.3. The Morgan fingerprint density at radius 1 is 0.354 bits per heavy atom. The number of hydrogen-bond acceptors (Lipinski definition) is 2. The summed E-state index contributed by atoms with van der Waals surface area (Å²) < 4.78 is 2.57. The van der Waals surface area contributed by atoms with Crippen LogP contribution in [0, 0.1) is 0 Å². The van der Waals surface area contributed by atoms with Crippen LogP contribution in [0.2, 0.25) is 0 Å². The third-order valence-electron chi connectivity index (χ3n) is 9.29. The average Bonchev–Trinajstić information content (AvgIpc) is 3.56. The summed E-state index contributed by atoms with van der Waals surface area (Å²) in [6.45, 7) is 0. The summed E-state index contributed by atoms with van der Waals surface area (Å²) in [4.78, 5) is 2.42. The first-order chi connectivity index (χ1) is 23.8. The van der Waals surface area contributed by atoms with Gasteiger partial charge in [0.15, 0.2) is 0 Å². The van der Waals surface area contributed by atoms with Crippen LogP contribution in [-0.4, -0.2) is 0 Å². The van der Waals surface area contributed by atoms with E-state index >= 15 is 0 Å². The molecule has 9 aromatic rings. The van der Waals surface area contributed by atoms with Crippen LogP contribution in [0.4, 0.5) is 17.1 Å². The van der Waals surface area contributed by atoms with Gasteiger partial charge in [0.1, 0.15) is 0 Å². The maximum atomic E-state index is 2.42. The maximum Gasteiger partial charge on any atom is 0.0640 e. The zero-order valence-electron chi connectivity index (χ0n) is 26.3. The fourth-order valence-corrected chi connectivity index (χ4v) is 8.23. The van der Waals surface area contributed by atoms with Gasteiger partial charge in [-0.25, -0.2) is 0 Å². The molecule has 1 nitrogen and oxygen atoms in total. The molecule has 0 radical (unpaired) electrons. The Balaban J connectivity index is 1.22. The minimum Gasteiger partial charge on any atom is -0.309 e. The molecule has 1 aromatic heterocycles. The first-order valence-corrected chi connectivity index (χ1v) is 17.2. The minimum atomic E-state index is 1.12. The van der Waals surface area contributed by atoms with Gasteiger partial charge in [-0.2, -0.15) is 0 Å². The Labute approximate surface area is 284 Å². The Bertz CT molecular complexity index is 2530. The molecule has 0 aliphatic rings. The molecule has 0 unspecified atom stereocenters. The zero-order valence-corrected chi connectivity index (χ0v) is 27.1. The number of rotatable bonds is 6. The Morgan fingerprint density at radius 2 is 0.875 bits per heavy atom. The van der Waals surface area contributed by atoms with E-state index in [4.69, 9.17) is 0 Å². The SMILES string of the molecule is c1ccc(-c2ccc(N(c3ccc(-c4cccc5ccccc45)cc3)c3cccc4c3sc3cccc(-c5ccccc5)c34)cc2)cc1. The molecule has 0 amide bonds. The molecule has 1 heterocycles. The van der Waals surface area contributed by atoms with E-state index < -0.39 is 0 Å². The fraction of sp³-hybridized carbons (Fsp3) is 0. The molecule has 0 fully saturated rings. The molecule has 0 N–H and O–H groups in total. The van der Waals surface area contributed by atoms with Gasteiger partial charge in [0, 0.05) is 26.8 Å². The smallest absolute Gasteiger partial charge is 0.0640 e. The van der Waals surface area contributed by atoms with Crippen molar-refractivity contribution >= 4 is 59.3 Å². The van der Waals surface area contributed by atoms with Crippen molar-refractivity contribution in [3.63, 3.8) is 0 Å². The van der Waals surface area contributed by atoms with Gasteiger partial charge >= 0.3 is 0 Å². The molecule has 0 saturated heterocycles. The topological polar surface area (TPSA) is 3.24 Å². The number of hydrogen-bond donors (Lipinski definition) is 0. The van der Waals surface area contributed by atoms with E-state index in [1.54, 1.807) is 0 Å². The number of anilines is 3. The van der Waals surface area contributed by atoms with Crippen molar-refractivity contribution in [1.29, 1.82) is 0 Å². The van der Waals surface area contributed by atoms with E-state index in [9.17, 15) is 0 Å². The van der Waals surface area contributed by atoms with E-state index in [-0.39, 0.29) is 0 Å². The van der Waals surface area contributed by atoms with Crippen molar-refractivity contribution in [2.45, 2.75) is 0 Å². The molecule has 0 spiro atoms. The highest BCUT2D eigenvalue weighted by molar-refractivity contribution is 7.26. The molecule has 0 aliphatic carbocycles. The molecule has 0 saturated carbocycles. The maximum absolute atomic E-state index is 2.42. The first-order valence-electron chi connectivity index (χ1n) is 16.4. The third kappa shape index (κ3) is 4.95.